The molecule has 0 aromatic rings. The maximum atomic E-state index is 9.21. The standard InChI is InChI=1S/C8H14O4/c1-3-11-8-7(10-2)4-6(9)5-12-8/h3,6-9H,1,4-5H2,2H3/t6-,7-,8+/m0/s1. The van der Waals surface area contributed by atoms with E-state index in [0.29, 0.717) is 13.0 Å². The van der Waals surface area contributed by atoms with Crippen LogP contribution < -0.4 is 0 Å². The second-order valence-corrected chi connectivity index (χ2v) is 2.67. The summed E-state index contributed by atoms with van der Waals surface area (Å²) in [7, 11) is 1.56. The molecule has 4 nitrogen and oxygen atoms in total. The minimum absolute atomic E-state index is 0.216. The van der Waals surface area contributed by atoms with Crippen molar-refractivity contribution in [1.29, 1.82) is 0 Å². The first-order valence-electron chi connectivity index (χ1n) is 3.86. The van der Waals surface area contributed by atoms with E-state index in [2.05, 4.69) is 6.58 Å². The van der Waals surface area contributed by atoms with Gasteiger partial charge in [0.2, 0.25) is 6.29 Å². The third kappa shape index (κ3) is 2.20. The van der Waals surface area contributed by atoms with Crippen molar-refractivity contribution in [1.82, 2.24) is 0 Å². The number of ether oxygens (including phenoxy) is 3. The Kier molecular flexibility index (Phi) is 3.52. The summed E-state index contributed by atoms with van der Waals surface area (Å²) in [5.41, 5.74) is 0. The molecule has 0 unspecified atom stereocenters. The van der Waals surface area contributed by atoms with Crippen molar-refractivity contribution in [3.63, 3.8) is 0 Å². The molecule has 0 bridgehead atoms. The molecule has 1 heterocycles. The average Bonchev–Trinajstić information content (AvgIpc) is 2.08. The fourth-order valence-electron chi connectivity index (χ4n) is 1.19. The highest BCUT2D eigenvalue weighted by Gasteiger charge is 2.31. The van der Waals surface area contributed by atoms with Crippen molar-refractivity contribution in [2.75, 3.05) is 13.7 Å². The van der Waals surface area contributed by atoms with Gasteiger partial charge in [0, 0.05) is 13.5 Å². The summed E-state index contributed by atoms with van der Waals surface area (Å²) in [6.07, 6.45) is 0.742. The van der Waals surface area contributed by atoms with E-state index in [4.69, 9.17) is 14.2 Å². The maximum absolute atomic E-state index is 9.21. The molecule has 1 fully saturated rings. The number of hydrogen-bond donors (Lipinski definition) is 1. The van der Waals surface area contributed by atoms with Gasteiger partial charge in [-0.05, 0) is 0 Å². The zero-order valence-electron chi connectivity index (χ0n) is 7.10. The third-order valence-corrected chi connectivity index (χ3v) is 1.79. The first kappa shape index (κ1) is 9.51. The molecule has 1 rings (SSSR count). The molecule has 1 aliphatic rings. The van der Waals surface area contributed by atoms with Gasteiger partial charge < -0.3 is 19.3 Å². The second-order valence-electron chi connectivity index (χ2n) is 2.67. The molecule has 12 heavy (non-hydrogen) atoms. The number of rotatable bonds is 3. The second kappa shape index (κ2) is 4.45. The van der Waals surface area contributed by atoms with Crippen LogP contribution in [-0.4, -0.2) is 37.3 Å². The van der Waals surface area contributed by atoms with Gasteiger partial charge in [-0.1, -0.05) is 6.58 Å². The van der Waals surface area contributed by atoms with Crippen LogP contribution in [-0.2, 0) is 14.2 Å². The Labute approximate surface area is 71.7 Å². The van der Waals surface area contributed by atoms with E-state index in [0.717, 1.165) is 0 Å². The quantitative estimate of drug-likeness (QED) is 0.624. The first-order chi connectivity index (χ1) is 5.77. The Morgan fingerprint density at radius 1 is 1.67 bits per heavy atom. The van der Waals surface area contributed by atoms with Crippen LogP contribution in [0.1, 0.15) is 6.42 Å². The van der Waals surface area contributed by atoms with Gasteiger partial charge in [0.1, 0.15) is 6.10 Å². The Bertz CT molecular complexity index is 148. The highest BCUT2D eigenvalue weighted by Crippen LogP contribution is 2.18. The number of aliphatic hydroxyl groups excluding tert-OH is 1. The molecule has 70 valence electrons. The zero-order chi connectivity index (χ0) is 8.97. The molecule has 1 aliphatic heterocycles. The minimum Gasteiger partial charge on any atom is -0.470 e. The lowest BCUT2D eigenvalue weighted by Crippen LogP contribution is -2.42. The van der Waals surface area contributed by atoms with E-state index >= 15 is 0 Å². The average molecular weight is 174 g/mol. The van der Waals surface area contributed by atoms with Crippen LogP contribution in [0.3, 0.4) is 0 Å². The Morgan fingerprint density at radius 3 is 3.00 bits per heavy atom. The molecule has 3 atom stereocenters. The van der Waals surface area contributed by atoms with Gasteiger partial charge in [-0.15, -0.1) is 0 Å². The summed E-state index contributed by atoms with van der Waals surface area (Å²) in [6, 6.07) is 0. The summed E-state index contributed by atoms with van der Waals surface area (Å²) in [5.74, 6) is 0. The lowest BCUT2D eigenvalue weighted by molar-refractivity contribution is -0.221. The molecule has 4 heteroatoms. The molecule has 0 aromatic carbocycles. The van der Waals surface area contributed by atoms with Crippen molar-refractivity contribution in [2.45, 2.75) is 24.9 Å². The Morgan fingerprint density at radius 2 is 2.42 bits per heavy atom. The van der Waals surface area contributed by atoms with E-state index in [1.807, 2.05) is 0 Å². The fraction of sp³-hybridized carbons (Fsp3) is 0.750. The van der Waals surface area contributed by atoms with E-state index < -0.39 is 12.4 Å². The molecule has 1 N–H and O–H groups in total. The van der Waals surface area contributed by atoms with Gasteiger partial charge in [-0.25, -0.2) is 0 Å². The Balaban J connectivity index is 2.44. The number of aliphatic hydroxyl groups is 1. The van der Waals surface area contributed by atoms with E-state index in [1.165, 1.54) is 6.26 Å². The minimum atomic E-state index is -0.459. The summed E-state index contributed by atoms with van der Waals surface area (Å²) in [6.45, 7) is 3.71. The lowest BCUT2D eigenvalue weighted by Gasteiger charge is -2.32. The van der Waals surface area contributed by atoms with Crippen LogP contribution in [0.2, 0.25) is 0 Å². The van der Waals surface area contributed by atoms with Crippen molar-refractivity contribution in [2.24, 2.45) is 0 Å². The predicted molar refractivity (Wildman–Crippen MR) is 42.4 cm³/mol. The van der Waals surface area contributed by atoms with Crippen LogP contribution in [0, 0.1) is 0 Å². The molecule has 0 radical (unpaired) electrons. The van der Waals surface area contributed by atoms with Gasteiger partial charge in [0.05, 0.1) is 19.0 Å². The zero-order valence-corrected chi connectivity index (χ0v) is 7.10. The molecular formula is C8H14O4. The SMILES string of the molecule is C=CO[C@@H]1OC[C@@H](O)C[C@@H]1OC. The van der Waals surface area contributed by atoms with Crippen LogP contribution >= 0.6 is 0 Å². The molecule has 0 saturated carbocycles. The predicted octanol–water partition coefficient (Wildman–Crippen LogP) is 0.269. The summed E-state index contributed by atoms with van der Waals surface area (Å²) in [4.78, 5) is 0. The summed E-state index contributed by atoms with van der Waals surface area (Å²) >= 11 is 0. The van der Waals surface area contributed by atoms with E-state index in [9.17, 15) is 5.11 Å². The van der Waals surface area contributed by atoms with Crippen molar-refractivity contribution in [3.05, 3.63) is 12.8 Å². The van der Waals surface area contributed by atoms with Gasteiger partial charge in [0.15, 0.2) is 0 Å². The number of hydrogen-bond acceptors (Lipinski definition) is 4. The maximum Gasteiger partial charge on any atom is 0.225 e. The topological polar surface area (TPSA) is 47.9 Å². The van der Waals surface area contributed by atoms with E-state index in [1.54, 1.807) is 7.11 Å². The highest BCUT2D eigenvalue weighted by molar-refractivity contribution is 4.75. The fourth-order valence-corrected chi connectivity index (χ4v) is 1.19. The monoisotopic (exact) mass is 174 g/mol. The van der Waals surface area contributed by atoms with Crippen LogP contribution in [0.25, 0.3) is 0 Å². The van der Waals surface area contributed by atoms with Gasteiger partial charge in [-0.3, -0.25) is 0 Å². The smallest absolute Gasteiger partial charge is 0.225 e. The molecule has 0 aromatic heterocycles. The van der Waals surface area contributed by atoms with Crippen molar-refractivity contribution in [3.8, 4) is 0 Å². The highest BCUT2D eigenvalue weighted by atomic mass is 16.7. The van der Waals surface area contributed by atoms with Gasteiger partial charge in [0.25, 0.3) is 0 Å². The Hall–Kier alpha value is -0.580. The lowest BCUT2D eigenvalue weighted by atomic mass is 10.1. The normalized spacial score (nSPS) is 36.0. The molecule has 0 aliphatic carbocycles. The van der Waals surface area contributed by atoms with Crippen LogP contribution in [0.4, 0.5) is 0 Å². The molecule has 1 saturated heterocycles. The van der Waals surface area contributed by atoms with Crippen LogP contribution in [0.15, 0.2) is 12.8 Å². The van der Waals surface area contributed by atoms with E-state index in [-0.39, 0.29) is 6.10 Å². The third-order valence-electron chi connectivity index (χ3n) is 1.79. The molecule has 0 amide bonds. The first-order valence-corrected chi connectivity index (χ1v) is 3.86. The number of methoxy groups -OCH3 is 1. The molecule has 0 spiro atoms. The largest absolute Gasteiger partial charge is 0.470 e. The van der Waals surface area contributed by atoms with Crippen molar-refractivity contribution < 1.29 is 19.3 Å². The van der Waals surface area contributed by atoms with Crippen molar-refractivity contribution >= 4 is 0 Å². The summed E-state index contributed by atoms with van der Waals surface area (Å²) in [5, 5.41) is 9.21. The molecular weight excluding hydrogens is 160 g/mol. The summed E-state index contributed by atoms with van der Waals surface area (Å²) < 4.78 is 15.3. The van der Waals surface area contributed by atoms with Gasteiger partial charge >= 0.3 is 0 Å². The van der Waals surface area contributed by atoms with Crippen LogP contribution in [0.5, 0.6) is 0 Å². The van der Waals surface area contributed by atoms with Gasteiger partial charge in [-0.2, -0.15) is 0 Å².